The maximum atomic E-state index is 14.8. The summed E-state index contributed by atoms with van der Waals surface area (Å²) >= 11 is 0. The molecule has 44 heavy (non-hydrogen) atoms. The van der Waals surface area contributed by atoms with Crippen molar-refractivity contribution in [3.63, 3.8) is 0 Å². The number of allylic oxidation sites excluding steroid dienone is 1. The van der Waals surface area contributed by atoms with Crippen LogP contribution in [0.5, 0.6) is 11.5 Å². The summed E-state index contributed by atoms with van der Waals surface area (Å²) < 4.78 is 25.8. The molecule has 3 rings (SSSR count). The van der Waals surface area contributed by atoms with Crippen molar-refractivity contribution >= 4 is 23.9 Å². The SMILES string of the molecule is CCO[C@H](C(=O)O)[C@@H](CC=Cc1ccc(Oc2ccccc2)c(F)c1)C(=O)N[C@H](C(=O)N[C@H](C)c1ccccc1)C(C)(C)C. The van der Waals surface area contributed by atoms with Crippen molar-refractivity contribution in [1.82, 2.24) is 10.6 Å². The van der Waals surface area contributed by atoms with Gasteiger partial charge in [0.2, 0.25) is 11.8 Å². The van der Waals surface area contributed by atoms with E-state index in [4.69, 9.17) is 9.47 Å². The Kier molecular flexibility index (Phi) is 12.2. The van der Waals surface area contributed by atoms with Crippen LogP contribution in [0.15, 0.2) is 84.9 Å². The molecule has 0 saturated carbocycles. The predicted octanol–water partition coefficient (Wildman–Crippen LogP) is 6.54. The number of ether oxygens (including phenoxy) is 2. The molecule has 0 fully saturated rings. The second-order valence-electron chi connectivity index (χ2n) is 11.5. The topological polar surface area (TPSA) is 114 Å². The second kappa shape index (κ2) is 15.8. The molecule has 0 aliphatic heterocycles. The molecule has 0 aliphatic rings. The van der Waals surface area contributed by atoms with Crippen molar-refractivity contribution in [1.29, 1.82) is 0 Å². The van der Waals surface area contributed by atoms with Gasteiger partial charge >= 0.3 is 5.97 Å². The van der Waals surface area contributed by atoms with Crippen molar-refractivity contribution in [3.05, 3.63) is 102 Å². The van der Waals surface area contributed by atoms with E-state index in [2.05, 4.69) is 10.6 Å². The quantitative estimate of drug-likeness (QED) is 0.193. The minimum absolute atomic E-state index is 0.0361. The number of hydrogen-bond donors (Lipinski definition) is 3. The van der Waals surface area contributed by atoms with Gasteiger partial charge in [-0.15, -0.1) is 0 Å². The summed E-state index contributed by atoms with van der Waals surface area (Å²) in [5.41, 5.74) is 0.704. The van der Waals surface area contributed by atoms with Crippen LogP contribution in [0.2, 0.25) is 0 Å². The number of hydrogen-bond acceptors (Lipinski definition) is 5. The summed E-state index contributed by atoms with van der Waals surface area (Å²) in [6.07, 6.45) is 1.69. The molecule has 3 aromatic carbocycles. The van der Waals surface area contributed by atoms with Crippen molar-refractivity contribution in [2.75, 3.05) is 6.61 Å². The molecule has 0 spiro atoms. The average Bonchev–Trinajstić information content (AvgIpc) is 2.98. The first-order chi connectivity index (χ1) is 20.9. The number of nitrogens with one attached hydrogen (secondary N) is 2. The van der Waals surface area contributed by atoms with Crippen LogP contribution in [-0.2, 0) is 19.1 Å². The fourth-order valence-corrected chi connectivity index (χ4v) is 4.62. The summed E-state index contributed by atoms with van der Waals surface area (Å²) in [7, 11) is 0. The van der Waals surface area contributed by atoms with Crippen LogP contribution in [0.1, 0.15) is 58.2 Å². The van der Waals surface area contributed by atoms with Gasteiger partial charge in [0, 0.05) is 6.61 Å². The number of rotatable bonds is 14. The minimum Gasteiger partial charge on any atom is -0.479 e. The molecule has 0 aliphatic carbocycles. The van der Waals surface area contributed by atoms with E-state index >= 15 is 0 Å². The molecule has 0 aromatic heterocycles. The number of aliphatic carboxylic acids is 1. The van der Waals surface area contributed by atoms with E-state index in [0.717, 1.165) is 5.56 Å². The minimum atomic E-state index is -1.46. The average molecular weight is 605 g/mol. The van der Waals surface area contributed by atoms with E-state index in [1.54, 1.807) is 49.4 Å². The van der Waals surface area contributed by atoms with Crippen molar-refractivity contribution < 1.29 is 33.4 Å². The van der Waals surface area contributed by atoms with Gasteiger partial charge in [-0.1, -0.05) is 87.5 Å². The molecule has 3 aromatic rings. The lowest BCUT2D eigenvalue weighted by atomic mass is 9.85. The maximum Gasteiger partial charge on any atom is 0.333 e. The van der Waals surface area contributed by atoms with Gasteiger partial charge in [-0.05, 0) is 61.1 Å². The molecule has 234 valence electrons. The molecule has 0 unspecified atom stereocenters. The van der Waals surface area contributed by atoms with Crippen molar-refractivity contribution in [2.24, 2.45) is 11.3 Å². The van der Waals surface area contributed by atoms with E-state index in [-0.39, 0.29) is 24.8 Å². The lowest BCUT2D eigenvalue weighted by Crippen LogP contribution is -2.56. The third kappa shape index (κ3) is 9.77. The highest BCUT2D eigenvalue weighted by Crippen LogP contribution is 2.26. The summed E-state index contributed by atoms with van der Waals surface area (Å²) in [4.78, 5) is 39.2. The van der Waals surface area contributed by atoms with Gasteiger partial charge in [-0.25, -0.2) is 9.18 Å². The first kappa shape index (κ1) is 34.0. The Morgan fingerprint density at radius 3 is 2.14 bits per heavy atom. The zero-order valence-corrected chi connectivity index (χ0v) is 25.8. The van der Waals surface area contributed by atoms with Gasteiger partial charge in [-0.2, -0.15) is 0 Å². The standard InChI is InChI=1S/C35H41FN2O6/c1-6-43-30(34(41)42)27(19-13-14-24-20-21-29(28(36)22-24)44-26-17-11-8-12-18-26)32(39)38-31(35(3,4)5)33(40)37-23(2)25-15-9-7-10-16-25/h7-18,20-23,27,30-31H,6,19H2,1-5H3,(H,37,40)(H,38,39)(H,41,42)/t23-,27-,30+,31-/m1/s1. The number of halogens is 1. The lowest BCUT2D eigenvalue weighted by molar-refractivity contribution is -0.158. The van der Waals surface area contributed by atoms with E-state index in [1.807, 2.05) is 64.1 Å². The number of carbonyl (C=O) groups is 3. The Morgan fingerprint density at radius 1 is 0.932 bits per heavy atom. The first-order valence-electron chi connectivity index (χ1n) is 14.6. The molecule has 0 saturated heterocycles. The molecular formula is C35H41FN2O6. The molecule has 0 heterocycles. The van der Waals surface area contributed by atoms with Gasteiger partial charge in [0.1, 0.15) is 11.8 Å². The third-order valence-electron chi connectivity index (χ3n) is 6.99. The second-order valence-corrected chi connectivity index (χ2v) is 11.5. The van der Waals surface area contributed by atoms with Crippen LogP contribution in [0, 0.1) is 17.2 Å². The number of amides is 2. The van der Waals surface area contributed by atoms with Crippen LogP contribution in [-0.4, -0.2) is 41.6 Å². The van der Waals surface area contributed by atoms with Crippen LogP contribution in [0.4, 0.5) is 4.39 Å². The van der Waals surface area contributed by atoms with Crippen LogP contribution < -0.4 is 15.4 Å². The summed E-state index contributed by atoms with van der Waals surface area (Å²) in [5.74, 6) is -3.53. The summed E-state index contributed by atoms with van der Waals surface area (Å²) in [6.45, 7) is 9.00. The van der Waals surface area contributed by atoms with Gasteiger partial charge in [0.05, 0.1) is 12.0 Å². The largest absolute Gasteiger partial charge is 0.479 e. The number of para-hydroxylation sites is 1. The van der Waals surface area contributed by atoms with Crippen LogP contribution >= 0.6 is 0 Å². The summed E-state index contributed by atoms with van der Waals surface area (Å²) in [6, 6.07) is 21.4. The Balaban J connectivity index is 1.78. The van der Waals surface area contributed by atoms with E-state index in [1.165, 1.54) is 12.1 Å². The fraction of sp³-hybridized carbons (Fsp3) is 0.343. The number of carboxylic acid groups (broad SMARTS) is 1. The molecule has 2 amide bonds. The normalized spacial score (nSPS) is 14.3. The highest BCUT2D eigenvalue weighted by molar-refractivity contribution is 5.91. The highest BCUT2D eigenvalue weighted by atomic mass is 19.1. The monoisotopic (exact) mass is 604 g/mol. The Labute approximate surface area is 258 Å². The number of benzene rings is 3. The predicted molar refractivity (Wildman–Crippen MR) is 167 cm³/mol. The molecule has 4 atom stereocenters. The first-order valence-corrected chi connectivity index (χ1v) is 14.6. The lowest BCUT2D eigenvalue weighted by Gasteiger charge is -2.33. The van der Waals surface area contributed by atoms with E-state index in [9.17, 15) is 23.9 Å². The Hall–Kier alpha value is -4.50. The molecule has 9 heteroatoms. The molecule has 3 N–H and O–H groups in total. The van der Waals surface area contributed by atoms with Gasteiger partial charge in [-0.3, -0.25) is 9.59 Å². The number of carboxylic acids is 1. The zero-order chi connectivity index (χ0) is 32.3. The fourth-order valence-electron chi connectivity index (χ4n) is 4.62. The van der Waals surface area contributed by atoms with Gasteiger partial charge < -0.3 is 25.2 Å². The molecular weight excluding hydrogens is 563 g/mol. The van der Waals surface area contributed by atoms with Crippen LogP contribution in [0.25, 0.3) is 6.08 Å². The zero-order valence-electron chi connectivity index (χ0n) is 25.8. The van der Waals surface area contributed by atoms with Crippen molar-refractivity contribution in [3.8, 4) is 11.5 Å². The highest BCUT2D eigenvalue weighted by Gasteiger charge is 2.39. The number of carbonyl (C=O) groups excluding carboxylic acids is 2. The maximum absolute atomic E-state index is 14.8. The van der Waals surface area contributed by atoms with Crippen LogP contribution in [0.3, 0.4) is 0 Å². The Morgan fingerprint density at radius 2 is 1.57 bits per heavy atom. The molecule has 0 bridgehead atoms. The molecule has 8 nitrogen and oxygen atoms in total. The third-order valence-corrected chi connectivity index (χ3v) is 6.99. The van der Waals surface area contributed by atoms with Gasteiger partial charge in [0.25, 0.3) is 0 Å². The van der Waals surface area contributed by atoms with Crippen molar-refractivity contribution in [2.45, 2.75) is 59.2 Å². The van der Waals surface area contributed by atoms with E-state index in [0.29, 0.717) is 11.3 Å². The Bertz CT molecular complexity index is 1420. The van der Waals surface area contributed by atoms with E-state index < -0.39 is 47.1 Å². The summed E-state index contributed by atoms with van der Waals surface area (Å²) in [5, 5.41) is 15.6. The smallest absolute Gasteiger partial charge is 0.333 e. The van der Waals surface area contributed by atoms with Gasteiger partial charge in [0.15, 0.2) is 17.7 Å². The molecule has 0 radical (unpaired) electrons.